The second-order valence-corrected chi connectivity index (χ2v) is 7.81. The highest BCUT2D eigenvalue weighted by atomic mass is 32.1. The Morgan fingerprint density at radius 3 is 2.52 bits per heavy atom. The molecule has 0 spiro atoms. The molecule has 0 unspecified atom stereocenters. The summed E-state index contributed by atoms with van der Waals surface area (Å²) in [6.45, 7) is 2.02. The van der Waals surface area contributed by atoms with Crippen LogP contribution in [0.25, 0.3) is 0 Å². The van der Waals surface area contributed by atoms with E-state index in [1.807, 2.05) is 55.6 Å². The lowest BCUT2D eigenvalue weighted by Crippen LogP contribution is -2.11. The molecule has 0 radical (unpaired) electrons. The first-order chi connectivity index (χ1) is 14.2. The molecule has 1 aromatic heterocycles. The monoisotopic (exact) mass is 400 g/mol. The van der Waals surface area contributed by atoms with E-state index >= 15 is 0 Å². The third-order valence-corrected chi connectivity index (χ3v) is 5.25. The standard InChI is InChI=1S/C24H20N2O2S/c1-17-6-5-9-21(14-17)28-20-12-10-19(11-13-20)23(27)26-24-25-16-22(29-24)15-18-7-3-2-4-8-18/h2-14,16H,15H2,1H3,(H,25,26,27). The summed E-state index contributed by atoms with van der Waals surface area (Å²) in [5.41, 5.74) is 2.91. The summed E-state index contributed by atoms with van der Waals surface area (Å²) in [5, 5.41) is 3.47. The van der Waals surface area contributed by atoms with Gasteiger partial charge < -0.3 is 4.74 Å². The second kappa shape index (κ2) is 8.71. The number of hydrogen-bond acceptors (Lipinski definition) is 4. The number of anilines is 1. The third-order valence-electron chi connectivity index (χ3n) is 4.34. The zero-order chi connectivity index (χ0) is 20.1. The summed E-state index contributed by atoms with van der Waals surface area (Å²) in [6, 6.07) is 25.1. The third kappa shape index (κ3) is 5.09. The molecule has 144 valence electrons. The summed E-state index contributed by atoms with van der Waals surface area (Å²) in [5.74, 6) is 1.27. The number of amides is 1. The summed E-state index contributed by atoms with van der Waals surface area (Å²) in [6.07, 6.45) is 2.62. The van der Waals surface area contributed by atoms with Crippen LogP contribution in [0.3, 0.4) is 0 Å². The van der Waals surface area contributed by atoms with Gasteiger partial charge in [0.25, 0.3) is 5.91 Å². The highest BCUT2D eigenvalue weighted by molar-refractivity contribution is 7.15. The van der Waals surface area contributed by atoms with E-state index in [9.17, 15) is 4.79 Å². The Hall–Kier alpha value is -3.44. The summed E-state index contributed by atoms with van der Waals surface area (Å²) in [7, 11) is 0. The zero-order valence-corrected chi connectivity index (χ0v) is 16.8. The summed E-state index contributed by atoms with van der Waals surface area (Å²) >= 11 is 1.49. The van der Waals surface area contributed by atoms with Gasteiger partial charge in [0.2, 0.25) is 0 Å². The van der Waals surface area contributed by atoms with Gasteiger partial charge in [-0.15, -0.1) is 11.3 Å². The average Bonchev–Trinajstić information content (AvgIpc) is 3.16. The van der Waals surface area contributed by atoms with Gasteiger partial charge in [-0.25, -0.2) is 4.98 Å². The molecule has 0 atom stereocenters. The predicted molar refractivity (Wildman–Crippen MR) is 117 cm³/mol. The lowest BCUT2D eigenvalue weighted by Gasteiger charge is -2.07. The molecule has 5 heteroatoms. The number of benzene rings is 3. The first-order valence-corrected chi connectivity index (χ1v) is 10.1. The number of nitrogens with one attached hydrogen (secondary N) is 1. The molecule has 0 fully saturated rings. The minimum absolute atomic E-state index is 0.187. The van der Waals surface area contributed by atoms with Crippen LogP contribution in [0.4, 0.5) is 5.13 Å². The van der Waals surface area contributed by atoms with Crippen molar-refractivity contribution < 1.29 is 9.53 Å². The highest BCUT2D eigenvalue weighted by Gasteiger charge is 2.10. The van der Waals surface area contributed by atoms with Crippen LogP contribution in [0.2, 0.25) is 0 Å². The molecule has 0 saturated carbocycles. The SMILES string of the molecule is Cc1cccc(Oc2ccc(C(=O)Nc3ncc(Cc4ccccc4)s3)cc2)c1. The number of nitrogens with zero attached hydrogens (tertiary/aromatic N) is 1. The van der Waals surface area contributed by atoms with Crippen LogP contribution in [-0.2, 0) is 6.42 Å². The molecule has 0 aliphatic rings. The van der Waals surface area contributed by atoms with Crippen LogP contribution >= 0.6 is 11.3 Å². The number of thiazole rings is 1. The van der Waals surface area contributed by atoms with Crippen LogP contribution < -0.4 is 10.1 Å². The second-order valence-electron chi connectivity index (χ2n) is 6.69. The Morgan fingerprint density at radius 2 is 1.76 bits per heavy atom. The normalized spacial score (nSPS) is 10.5. The van der Waals surface area contributed by atoms with Crippen molar-refractivity contribution in [1.82, 2.24) is 4.98 Å². The summed E-state index contributed by atoms with van der Waals surface area (Å²) in [4.78, 5) is 17.9. The minimum Gasteiger partial charge on any atom is -0.457 e. The van der Waals surface area contributed by atoms with Gasteiger partial charge in [0.1, 0.15) is 11.5 Å². The predicted octanol–water partition coefficient (Wildman–Crippen LogP) is 6.09. The molecule has 0 aliphatic heterocycles. The molecule has 1 N–H and O–H groups in total. The molecule has 1 amide bonds. The fourth-order valence-electron chi connectivity index (χ4n) is 2.90. The number of ether oxygens (including phenoxy) is 1. The van der Waals surface area contributed by atoms with Crippen molar-refractivity contribution in [1.29, 1.82) is 0 Å². The fourth-order valence-corrected chi connectivity index (χ4v) is 3.74. The summed E-state index contributed by atoms with van der Waals surface area (Å²) < 4.78 is 5.83. The molecular formula is C24H20N2O2S. The number of carbonyl (C=O) groups excluding carboxylic acids is 1. The van der Waals surface area contributed by atoms with Crippen LogP contribution in [-0.4, -0.2) is 10.9 Å². The topological polar surface area (TPSA) is 51.2 Å². The maximum absolute atomic E-state index is 12.5. The number of carbonyl (C=O) groups is 1. The number of aryl methyl sites for hydroxylation is 1. The van der Waals surface area contributed by atoms with Crippen molar-refractivity contribution in [3.05, 3.63) is 107 Å². The van der Waals surface area contributed by atoms with Gasteiger partial charge in [-0.1, -0.05) is 42.5 Å². The van der Waals surface area contributed by atoms with Gasteiger partial charge in [-0.2, -0.15) is 0 Å². The average molecular weight is 401 g/mol. The Balaban J connectivity index is 1.37. The van der Waals surface area contributed by atoms with E-state index in [1.54, 1.807) is 24.3 Å². The molecule has 4 rings (SSSR count). The molecule has 29 heavy (non-hydrogen) atoms. The molecular weight excluding hydrogens is 380 g/mol. The number of rotatable bonds is 6. The van der Waals surface area contributed by atoms with Crippen molar-refractivity contribution >= 4 is 22.4 Å². The fraction of sp³-hybridized carbons (Fsp3) is 0.0833. The molecule has 3 aromatic carbocycles. The van der Waals surface area contributed by atoms with Crippen LogP contribution in [0.5, 0.6) is 11.5 Å². The lowest BCUT2D eigenvalue weighted by molar-refractivity contribution is 0.102. The number of hydrogen-bond donors (Lipinski definition) is 1. The molecule has 0 saturated heterocycles. The van der Waals surface area contributed by atoms with Gasteiger partial charge in [0.05, 0.1) is 0 Å². The van der Waals surface area contributed by atoms with E-state index in [0.29, 0.717) is 16.4 Å². The van der Waals surface area contributed by atoms with Gasteiger partial charge in [-0.3, -0.25) is 10.1 Å². The Bertz CT molecular complexity index is 1110. The van der Waals surface area contributed by atoms with Crippen molar-refractivity contribution in [2.24, 2.45) is 0 Å². The van der Waals surface area contributed by atoms with E-state index < -0.39 is 0 Å². The molecule has 0 aliphatic carbocycles. The highest BCUT2D eigenvalue weighted by Crippen LogP contribution is 2.24. The van der Waals surface area contributed by atoms with E-state index in [4.69, 9.17) is 4.74 Å². The Kier molecular flexibility index (Phi) is 5.68. The number of aromatic nitrogens is 1. The van der Waals surface area contributed by atoms with Crippen LogP contribution in [0.1, 0.15) is 26.4 Å². The van der Waals surface area contributed by atoms with Gasteiger partial charge in [0, 0.05) is 23.1 Å². The largest absolute Gasteiger partial charge is 0.457 e. The van der Waals surface area contributed by atoms with Crippen molar-refractivity contribution in [3.8, 4) is 11.5 Å². The van der Waals surface area contributed by atoms with Crippen LogP contribution in [0.15, 0.2) is 85.1 Å². The van der Waals surface area contributed by atoms with Crippen LogP contribution in [0, 0.1) is 6.92 Å². The Labute approximate surface area is 173 Å². The smallest absolute Gasteiger partial charge is 0.257 e. The van der Waals surface area contributed by atoms with Gasteiger partial charge in [-0.05, 0) is 54.4 Å². The minimum atomic E-state index is -0.187. The zero-order valence-electron chi connectivity index (χ0n) is 16.0. The Morgan fingerprint density at radius 1 is 0.966 bits per heavy atom. The first kappa shape index (κ1) is 18.9. The van der Waals surface area contributed by atoms with Crippen molar-refractivity contribution in [2.45, 2.75) is 13.3 Å². The molecule has 0 bridgehead atoms. The quantitative estimate of drug-likeness (QED) is 0.426. The van der Waals surface area contributed by atoms with Gasteiger partial charge >= 0.3 is 0 Å². The van der Waals surface area contributed by atoms with Gasteiger partial charge in [0.15, 0.2) is 5.13 Å². The molecule has 4 aromatic rings. The van der Waals surface area contributed by atoms with E-state index in [2.05, 4.69) is 22.4 Å². The van der Waals surface area contributed by atoms with Crippen molar-refractivity contribution in [2.75, 3.05) is 5.32 Å². The molecule has 4 nitrogen and oxygen atoms in total. The maximum Gasteiger partial charge on any atom is 0.257 e. The van der Waals surface area contributed by atoms with Crippen molar-refractivity contribution in [3.63, 3.8) is 0 Å². The maximum atomic E-state index is 12.5. The van der Waals surface area contributed by atoms with E-state index in [1.165, 1.54) is 16.9 Å². The lowest BCUT2D eigenvalue weighted by atomic mass is 10.1. The van der Waals surface area contributed by atoms with E-state index in [0.717, 1.165) is 22.6 Å². The molecule has 1 heterocycles. The first-order valence-electron chi connectivity index (χ1n) is 9.30. The van der Waals surface area contributed by atoms with E-state index in [-0.39, 0.29) is 5.91 Å².